The number of amides is 3. The Balaban J connectivity index is 1.47. The van der Waals surface area contributed by atoms with Gasteiger partial charge in [0, 0.05) is 18.6 Å². The Bertz CT molecular complexity index is 1010. The van der Waals surface area contributed by atoms with E-state index >= 15 is 0 Å². The van der Waals surface area contributed by atoms with Crippen LogP contribution in [0.25, 0.3) is 0 Å². The van der Waals surface area contributed by atoms with Crippen LogP contribution in [0.2, 0.25) is 0 Å². The van der Waals surface area contributed by atoms with Gasteiger partial charge in [-0.25, -0.2) is 0 Å². The highest BCUT2D eigenvalue weighted by Gasteiger charge is 2.29. The van der Waals surface area contributed by atoms with Crippen molar-refractivity contribution in [1.82, 2.24) is 19.9 Å². The van der Waals surface area contributed by atoms with E-state index in [-0.39, 0.29) is 59.2 Å². The van der Waals surface area contributed by atoms with Crippen LogP contribution in [-0.2, 0) is 11.3 Å². The summed E-state index contributed by atoms with van der Waals surface area (Å²) < 4.78 is 4.22. The van der Waals surface area contributed by atoms with E-state index in [1.54, 1.807) is 0 Å². The number of nitrogens with two attached hydrogens (primary N) is 1. The second-order valence-electron chi connectivity index (χ2n) is 9.63. The number of anilines is 1. The lowest BCUT2D eigenvalue weighted by Crippen LogP contribution is -2.44. The van der Waals surface area contributed by atoms with E-state index in [0.717, 1.165) is 68.5 Å². The molecule has 8 nitrogen and oxygen atoms in total. The quantitative estimate of drug-likeness (QED) is 0.512. The molecule has 0 atom stereocenters. The molecule has 2 fully saturated rings. The fourth-order valence-electron chi connectivity index (χ4n) is 4.96. The van der Waals surface area contributed by atoms with Crippen LogP contribution >= 0.6 is 11.5 Å². The molecular formula is C26H35N5O3S. The molecule has 0 unspecified atom stereocenters. The maximum absolute atomic E-state index is 13.5. The number of hydrogen-bond donors (Lipinski definition) is 3. The van der Waals surface area contributed by atoms with Crippen LogP contribution in [0.4, 0.5) is 5.69 Å². The average molecular weight is 498 g/mol. The second kappa shape index (κ2) is 12.2. The molecule has 188 valence electrons. The third kappa shape index (κ3) is 6.81. The Morgan fingerprint density at radius 2 is 1.51 bits per heavy atom. The minimum absolute atomic E-state index is 0.0782. The number of carbonyl (C=O) groups is 3. The van der Waals surface area contributed by atoms with E-state index in [1.165, 1.54) is 17.7 Å². The van der Waals surface area contributed by atoms with Crippen LogP contribution in [0, 0.1) is 0 Å². The average Bonchev–Trinajstić information content (AvgIpc) is 3.26. The van der Waals surface area contributed by atoms with Crippen molar-refractivity contribution in [2.45, 2.75) is 82.8 Å². The fraction of sp³-hybridized carbons (Fsp3) is 0.538. The summed E-state index contributed by atoms with van der Waals surface area (Å²) in [7, 11) is 0. The first-order valence-corrected chi connectivity index (χ1v) is 13.5. The van der Waals surface area contributed by atoms with Crippen molar-refractivity contribution in [3.8, 4) is 0 Å². The highest BCUT2D eigenvalue weighted by Crippen LogP contribution is 2.25. The predicted molar refractivity (Wildman–Crippen MR) is 137 cm³/mol. The second-order valence-corrected chi connectivity index (χ2v) is 10.4. The molecule has 35 heavy (non-hydrogen) atoms. The van der Waals surface area contributed by atoms with Crippen LogP contribution < -0.4 is 16.4 Å². The standard InChI is InChI=1S/C26H35N5O3S/c27-22-23(25(33)29-20-14-8-3-9-15-20)30-35-24(22)26(34)31(16-18-10-4-1-5-11-18)17-21(32)28-19-12-6-2-7-13-19/h1,4-5,10-11,19-20H,2-3,6-9,12-17,27H2,(H,28,32)(H,29,33). The number of hydrogen-bond acceptors (Lipinski definition) is 6. The third-order valence-corrected chi connectivity index (χ3v) is 7.74. The molecular weight excluding hydrogens is 462 g/mol. The summed E-state index contributed by atoms with van der Waals surface area (Å²) in [5.74, 6) is -0.909. The van der Waals surface area contributed by atoms with Crippen LogP contribution in [-0.4, -0.2) is 45.6 Å². The largest absolute Gasteiger partial charge is 0.395 e. The van der Waals surface area contributed by atoms with Gasteiger partial charge in [-0.1, -0.05) is 68.9 Å². The first kappa shape index (κ1) is 25.2. The van der Waals surface area contributed by atoms with Gasteiger partial charge in [0.15, 0.2) is 5.69 Å². The number of rotatable bonds is 8. The van der Waals surface area contributed by atoms with Crippen molar-refractivity contribution >= 4 is 34.9 Å². The molecule has 4 N–H and O–H groups in total. The molecule has 2 aliphatic rings. The highest BCUT2D eigenvalue weighted by atomic mass is 32.1. The zero-order valence-corrected chi connectivity index (χ0v) is 20.9. The highest BCUT2D eigenvalue weighted by molar-refractivity contribution is 7.09. The van der Waals surface area contributed by atoms with Gasteiger partial charge >= 0.3 is 0 Å². The summed E-state index contributed by atoms with van der Waals surface area (Å²) in [6, 6.07) is 9.81. The molecule has 0 bridgehead atoms. The van der Waals surface area contributed by atoms with Gasteiger partial charge in [0.05, 0.1) is 5.69 Å². The summed E-state index contributed by atoms with van der Waals surface area (Å²) >= 11 is 0.918. The molecule has 0 spiro atoms. The third-order valence-electron chi connectivity index (χ3n) is 6.89. The number of carbonyl (C=O) groups excluding carboxylic acids is 3. The fourth-order valence-corrected chi connectivity index (χ4v) is 5.72. The van der Waals surface area contributed by atoms with Gasteiger partial charge in [0.1, 0.15) is 11.4 Å². The lowest BCUT2D eigenvalue weighted by atomic mass is 9.95. The van der Waals surface area contributed by atoms with E-state index in [0.29, 0.717) is 0 Å². The predicted octanol–water partition coefficient (Wildman–Crippen LogP) is 3.88. The number of aromatic nitrogens is 1. The molecule has 3 amide bonds. The molecule has 1 aromatic carbocycles. The normalized spacial score (nSPS) is 17.0. The number of nitrogens with one attached hydrogen (secondary N) is 2. The van der Waals surface area contributed by atoms with Crippen molar-refractivity contribution in [1.29, 1.82) is 0 Å². The Morgan fingerprint density at radius 1 is 0.914 bits per heavy atom. The van der Waals surface area contributed by atoms with E-state index in [4.69, 9.17) is 5.73 Å². The zero-order chi connectivity index (χ0) is 24.6. The molecule has 4 rings (SSSR count). The van der Waals surface area contributed by atoms with Gasteiger partial charge in [-0.15, -0.1) is 0 Å². The summed E-state index contributed by atoms with van der Waals surface area (Å²) in [4.78, 5) is 40.9. The molecule has 0 saturated heterocycles. The first-order chi connectivity index (χ1) is 17.0. The number of nitrogen functional groups attached to an aromatic ring is 1. The van der Waals surface area contributed by atoms with E-state index in [2.05, 4.69) is 15.0 Å². The van der Waals surface area contributed by atoms with Crippen LogP contribution in [0.15, 0.2) is 30.3 Å². The topological polar surface area (TPSA) is 117 Å². The summed E-state index contributed by atoms with van der Waals surface area (Å²) in [5.41, 5.74) is 7.34. The first-order valence-electron chi connectivity index (χ1n) is 12.7. The van der Waals surface area contributed by atoms with Gasteiger partial charge in [0.2, 0.25) is 5.91 Å². The smallest absolute Gasteiger partial charge is 0.273 e. The number of nitrogens with zero attached hydrogens (tertiary/aromatic N) is 2. The van der Waals surface area contributed by atoms with Crippen molar-refractivity contribution in [2.24, 2.45) is 0 Å². The van der Waals surface area contributed by atoms with Crippen molar-refractivity contribution in [3.05, 3.63) is 46.5 Å². The lowest BCUT2D eigenvalue weighted by molar-refractivity contribution is -0.122. The maximum Gasteiger partial charge on any atom is 0.273 e. The van der Waals surface area contributed by atoms with Gasteiger partial charge in [-0.05, 0) is 42.8 Å². The van der Waals surface area contributed by atoms with Crippen molar-refractivity contribution in [3.63, 3.8) is 0 Å². The van der Waals surface area contributed by atoms with Crippen LogP contribution in [0.3, 0.4) is 0 Å². The van der Waals surface area contributed by atoms with E-state index in [1.807, 2.05) is 30.3 Å². The van der Waals surface area contributed by atoms with Gasteiger partial charge in [-0.2, -0.15) is 4.37 Å². The van der Waals surface area contributed by atoms with E-state index in [9.17, 15) is 14.4 Å². The van der Waals surface area contributed by atoms with Gasteiger partial charge in [0.25, 0.3) is 11.8 Å². The Labute approximate surface area is 210 Å². The number of benzene rings is 1. The van der Waals surface area contributed by atoms with Crippen LogP contribution in [0.5, 0.6) is 0 Å². The van der Waals surface area contributed by atoms with E-state index < -0.39 is 0 Å². The minimum atomic E-state index is -0.389. The van der Waals surface area contributed by atoms with Crippen molar-refractivity contribution in [2.75, 3.05) is 12.3 Å². The maximum atomic E-state index is 13.5. The van der Waals surface area contributed by atoms with Crippen molar-refractivity contribution < 1.29 is 14.4 Å². The SMILES string of the molecule is Nc1c(C(=O)NC2CCCCC2)nsc1C(=O)N(CC(=O)NC1CCCCC1)Cc1ccccc1. The minimum Gasteiger partial charge on any atom is -0.395 e. The summed E-state index contributed by atoms with van der Waals surface area (Å²) in [5, 5.41) is 6.10. The molecule has 1 heterocycles. The Kier molecular flexibility index (Phi) is 8.74. The summed E-state index contributed by atoms with van der Waals surface area (Å²) in [6.45, 7) is 0.184. The molecule has 9 heteroatoms. The molecule has 0 radical (unpaired) electrons. The summed E-state index contributed by atoms with van der Waals surface area (Å²) in [6.07, 6.45) is 10.6. The molecule has 2 saturated carbocycles. The molecule has 0 aliphatic heterocycles. The monoisotopic (exact) mass is 497 g/mol. The van der Waals surface area contributed by atoms with Gasteiger partial charge < -0.3 is 21.3 Å². The van der Waals surface area contributed by atoms with Crippen LogP contribution in [0.1, 0.15) is 89.9 Å². The molecule has 2 aromatic rings. The Morgan fingerprint density at radius 3 is 2.14 bits per heavy atom. The zero-order valence-electron chi connectivity index (χ0n) is 20.1. The Hall–Kier alpha value is -2.94. The molecule has 2 aliphatic carbocycles. The molecule has 1 aromatic heterocycles. The lowest BCUT2D eigenvalue weighted by Gasteiger charge is -2.26. The van der Waals surface area contributed by atoms with Gasteiger partial charge in [-0.3, -0.25) is 14.4 Å².